The first-order chi connectivity index (χ1) is 17.8. The Bertz CT molecular complexity index is 1580. The topological polar surface area (TPSA) is 168 Å². The van der Waals surface area contributed by atoms with Gasteiger partial charge in [0.15, 0.2) is 11.6 Å². The summed E-state index contributed by atoms with van der Waals surface area (Å²) in [7, 11) is 0. The molecule has 0 spiro atoms. The van der Waals surface area contributed by atoms with Crippen molar-refractivity contribution in [2.24, 2.45) is 0 Å². The van der Waals surface area contributed by atoms with Gasteiger partial charge < -0.3 is 20.8 Å². The second-order valence-corrected chi connectivity index (χ2v) is 7.70. The van der Waals surface area contributed by atoms with Crippen molar-refractivity contribution in [3.8, 4) is 0 Å². The zero-order chi connectivity index (χ0) is 26.4. The minimum atomic E-state index is -1.08. The number of aromatic nitrogens is 2. The maximum Gasteiger partial charge on any atom is 0.328 e. The van der Waals surface area contributed by atoms with Gasteiger partial charge in [0, 0.05) is 35.7 Å². The highest BCUT2D eigenvalue weighted by Crippen LogP contribution is 2.30. The number of non-ortho nitro benzene ring substituents is 1. The Balaban J connectivity index is 1.75. The molecular weight excluding hydrogens is 478 g/mol. The number of nitro benzene ring substituents is 1. The maximum absolute atomic E-state index is 11.2. The smallest absolute Gasteiger partial charge is 0.328 e. The van der Waals surface area contributed by atoms with Crippen molar-refractivity contribution in [1.29, 1.82) is 0 Å². The molecule has 0 aliphatic heterocycles. The fourth-order valence-electron chi connectivity index (χ4n) is 3.38. The van der Waals surface area contributed by atoms with Crippen LogP contribution < -0.4 is 10.6 Å². The average molecular weight is 497 g/mol. The van der Waals surface area contributed by atoms with Gasteiger partial charge in [0.2, 0.25) is 0 Å². The summed E-state index contributed by atoms with van der Waals surface area (Å²) in [5.41, 5.74) is 3.03. The highest BCUT2D eigenvalue weighted by molar-refractivity contribution is 5.87. The molecule has 0 amide bonds. The fourth-order valence-corrected chi connectivity index (χ4v) is 3.38. The zero-order valence-electron chi connectivity index (χ0n) is 19.0. The van der Waals surface area contributed by atoms with E-state index in [0.717, 1.165) is 12.2 Å². The normalized spacial score (nSPS) is 11.1. The molecule has 1 aromatic heterocycles. The van der Waals surface area contributed by atoms with E-state index in [0.29, 0.717) is 39.4 Å². The fraction of sp³-hybridized carbons (Fsp3) is 0. The highest BCUT2D eigenvalue weighted by atomic mass is 16.6. The van der Waals surface area contributed by atoms with Gasteiger partial charge in [0.05, 0.1) is 16.0 Å². The Morgan fingerprint density at radius 1 is 0.757 bits per heavy atom. The molecule has 37 heavy (non-hydrogen) atoms. The van der Waals surface area contributed by atoms with E-state index in [-0.39, 0.29) is 11.5 Å². The number of carboxylic acid groups (broad SMARTS) is 2. The molecule has 0 unspecified atom stereocenters. The lowest BCUT2D eigenvalue weighted by Crippen LogP contribution is -2.04. The van der Waals surface area contributed by atoms with Crippen LogP contribution >= 0.6 is 0 Å². The molecule has 184 valence electrons. The Labute approximate surface area is 209 Å². The van der Waals surface area contributed by atoms with Crippen molar-refractivity contribution in [2.75, 3.05) is 10.6 Å². The molecular formula is C26H19N5O6. The molecule has 11 nitrogen and oxygen atoms in total. The van der Waals surface area contributed by atoms with Gasteiger partial charge in [-0.05, 0) is 53.6 Å². The van der Waals surface area contributed by atoms with Gasteiger partial charge in [-0.25, -0.2) is 19.6 Å². The molecule has 3 aromatic carbocycles. The highest BCUT2D eigenvalue weighted by Gasteiger charge is 2.14. The van der Waals surface area contributed by atoms with Gasteiger partial charge >= 0.3 is 11.9 Å². The van der Waals surface area contributed by atoms with Gasteiger partial charge in [-0.1, -0.05) is 24.3 Å². The van der Waals surface area contributed by atoms with E-state index >= 15 is 0 Å². The molecule has 4 rings (SSSR count). The van der Waals surface area contributed by atoms with Gasteiger partial charge in [-0.15, -0.1) is 0 Å². The van der Waals surface area contributed by atoms with Crippen molar-refractivity contribution < 1.29 is 24.7 Å². The molecule has 0 atom stereocenters. The van der Waals surface area contributed by atoms with E-state index in [4.69, 9.17) is 10.2 Å². The molecule has 4 N–H and O–H groups in total. The number of fused-ring (bicyclic) bond motifs is 1. The summed E-state index contributed by atoms with van der Waals surface area (Å²) in [5, 5.41) is 35.3. The van der Waals surface area contributed by atoms with Crippen molar-refractivity contribution in [2.45, 2.75) is 0 Å². The molecule has 0 saturated carbocycles. The van der Waals surface area contributed by atoms with Crippen LogP contribution in [0.5, 0.6) is 0 Å². The lowest BCUT2D eigenvalue weighted by Gasteiger charge is -2.14. The number of carbonyl (C=O) groups is 2. The molecule has 0 fully saturated rings. The lowest BCUT2D eigenvalue weighted by atomic mass is 10.2. The molecule has 4 aromatic rings. The van der Waals surface area contributed by atoms with Gasteiger partial charge in [0.25, 0.3) is 5.69 Å². The largest absolute Gasteiger partial charge is 0.478 e. The average Bonchev–Trinajstić information content (AvgIpc) is 2.86. The van der Waals surface area contributed by atoms with Gasteiger partial charge in [0.1, 0.15) is 0 Å². The van der Waals surface area contributed by atoms with E-state index in [1.807, 2.05) is 0 Å². The quantitative estimate of drug-likeness (QED) is 0.137. The third kappa shape index (κ3) is 6.51. The number of nitro groups is 1. The first kappa shape index (κ1) is 24.5. The van der Waals surface area contributed by atoms with Crippen LogP contribution in [-0.4, -0.2) is 37.0 Å². The van der Waals surface area contributed by atoms with Crippen LogP contribution in [0.15, 0.2) is 78.9 Å². The minimum absolute atomic E-state index is 0.132. The van der Waals surface area contributed by atoms with E-state index in [9.17, 15) is 19.7 Å². The van der Waals surface area contributed by atoms with Crippen LogP contribution in [0.25, 0.3) is 23.2 Å². The van der Waals surface area contributed by atoms with Crippen molar-refractivity contribution in [1.82, 2.24) is 9.97 Å². The third-order valence-corrected chi connectivity index (χ3v) is 4.99. The Kier molecular flexibility index (Phi) is 7.15. The SMILES string of the molecule is O=C(O)/C=C\c1cccc(Nc2nc3ccc([N+](=O)[O-])cc3nc2Nc2cccc(/C=C/C(=O)O)c2)c1. The van der Waals surface area contributed by atoms with Crippen molar-refractivity contribution in [3.63, 3.8) is 0 Å². The summed E-state index contributed by atoms with van der Waals surface area (Å²) in [6, 6.07) is 18.0. The second-order valence-electron chi connectivity index (χ2n) is 7.70. The van der Waals surface area contributed by atoms with Crippen LogP contribution in [0.2, 0.25) is 0 Å². The number of carboxylic acids is 2. The van der Waals surface area contributed by atoms with Crippen LogP contribution in [0.3, 0.4) is 0 Å². The molecule has 0 aliphatic carbocycles. The number of anilines is 4. The Hall–Kier alpha value is -5.58. The molecule has 0 bridgehead atoms. The number of aliphatic carboxylic acids is 2. The summed E-state index contributed by atoms with van der Waals surface area (Å²) >= 11 is 0. The zero-order valence-corrected chi connectivity index (χ0v) is 19.0. The summed E-state index contributed by atoms with van der Waals surface area (Å²) in [4.78, 5) is 41.6. The number of hydrogen-bond acceptors (Lipinski definition) is 8. The van der Waals surface area contributed by atoms with E-state index in [2.05, 4.69) is 20.6 Å². The lowest BCUT2D eigenvalue weighted by molar-refractivity contribution is -0.384. The standard InChI is InChI=1S/C26H19N5O6/c32-23(33)11-7-16-3-1-5-18(13-16)27-25-26(28-19-6-2-4-17(14-19)8-12-24(34)35)30-22-15-20(31(36)37)9-10-21(22)29-25/h1-15H,(H,27,29)(H,28,30)(H,32,33)(H,34,35)/b11-7-,12-8+. The summed E-state index contributed by atoms with van der Waals surface area (Å²) in [6.07, 6.45) is 4.94. The van der Waals surface area contributed by atoms with E-state index < -0.39 is 16.9 Å². The second kappa shape index (κ2) is 10.8. The Morgan fingerprint density at radius 2 is 1.27 bits per heavy atom. The van der Waals surface area contributed by atoms with Crippen LogP contribution in [-0.2, 0) is 9.59 Å². The van der Waals surface area contributed by atoms with Crippen LogP contribution in [0.1, 0.15) is 11.1 Å². The predicted molar refractivity (Wildman–Crippen MR) is 139 cm³/mol. The first-order valence-corrected chi connectivity index (χ1v) is 10.8. The molecule has 0 saturated heterocycles. The summed E-state index contributed by atoms with van der Waals surface area (Å²) < 4.78 is 0. The third-order valence-electron chi connectivity index (χ3n) is 4.99. The minimum Gasteiger partial charge on any atom is -0.478 e. The predicted octanol–water partition coefficient (Wildman–Crippen LogP) is 5.22. The number of nitrogens with one attached hydrogen (secondary N) is 2. The van der Waals surface area contributed by atoms with Crippen molar-refractivity contribution >= 4 is 63.8 Å². The van der Waals surface area contributed by atoms with Gasteiger partial charge in [-0.2, -0.15) is 0 Å². The number of rotatable bonds is 9. The van der Waals surface area contributed by atoms with E-state index in [1.165, 1.54) is 30.4 Å². The molecule has 0 aliphatic rings. The first-order valence-electron chi connectivity index (χ1n) is 10.8. The number of nitrogens with zero attached hydrogens (tertiary/aromatic N) is 3. The van der Waals surface area contributed by atoms with E-state index in [1.54, 1.807) is 48.5 Å². The van der Waals surface area contributed by atoms with Gasteiger partial charge in [-0.3, -0.25) is 10.1 Å². The number of hydrogen-bond donors (Lipinski definition) is 4. The molecule has 11 heteroatoms. The van der Waals surface area contributed by atoms with Crippen molar-refractivity contribution in [3.05, 3.63) is 100 Å². The monoisotopic (exact) mass is 497 g/mol. The van der Waals surface area contributed by atoms with Crippen LogP contribution in [0, 0.1) is 10.1 Å². The molecule has 1 heterocycles. The summed E-state index contributed by atoms with van der Waals surface area (Å²) in [5.74, 6) is -1.57. The Morgan fingerprint density at radius 3 is 1.76 bits per heavy atom. The summed E-state index contributed by atoms with van der Waals surface area (Å²) in [6.45, 7) is 0. The number of benzene rings is 3. The maximum atomic E-state index is 11.2. The molecule has 0 radical (unpaired) electrons. The van der Waals surface area contributed by atoms with Crippen LogP contribution in [0.4, 0.5) is 28.7 Å².